The number of hydrogen-bond acceptors (Lipinski definition) is 4. The van der Waals surface area contributed by atoms with Gasteiger partial charge >= 0.3 is 0 Å². The van der Waals surface area contributed by atoms with Gasteiger partial charge in [-0.1, -0.05) is 59.9 Å². The van der Waals surface area contributed by atoms with Gasteiger partial charge in [0.25, 0.3) is 0 Å². The Kier molecular flexibility index (Phi) is 7.27. The predicted molar refractivity (Wildman–Crippen MR) is 115 cm³/mol. The van der Waals surface area contributed by atoms with Crippen LogP contribution in [0.3, 0.4) is 0 Å². The first kappa shape index (κ1) is 22.0. The van der Waals surface area contributed by atoms with Crippen LogP contribution < -0.4 is 0 Å². The molecule has 1 unspecified atom stereocenters. The Labute approximate surface area is 178 Å². The van der Waals surface area contributed by atoms with E-state index in [4.69, 9.17) is 0 Å². The molecular formula is C23H26N2O4S. The van der Waals surface area contributed by atoms with Gasteiger partial charge in [0.2, 0.25) is 16.4 Å². The molecule has 0 bridgehead atoms. The summed E-state index contributed by atoms with van der Waals surface area (Å²) in [4.78, 5) is 11.0. The molecule has 3 rings (SSSR count). The lowest BCUT2D eigenvalue weighted by Gasteiger charge is -2.32. The minimum Gasteiger partial charge on any atom is -0.285 e. The normalized spacial score (nSPS) is 16.3. The van der Waals surface area contributed by atoms with E-state index in [0.29, 0.717) is 29.6 Å². The summed E-state index contributed by atoms with van der Waals surface area (Å²) in [5, 5.41) is 10.2. The highest BCUT2D eigenvalue weighted by Crippen LogP contribution is 2.29. The summed E-state index contributed by atoms with van der Waals surface area (Å²) >= 11 is 0. The lowest BCUT2D eigenvalue weighted by atomic mass is 9.90. The average Bonchev–Trinajstić information content (AvgIpc) is 2.77. The van der Waals surface area contributed by atoms with Crippen LogP contribution >= 0.6 is 0 Å². The van der Waals surface area contributed by atoms with Crippen molar-refractivity contribution in [3.8, 4) is 11.8 Å². The number of carbonyl (C=O) groups is 1. The Morgan fingerprint density at radius 2 is 1.77 bits per heavy atom. The fourth-order valence-electron chi connectivity index (χ4n) is 3.56. The molecule has 1 N–H and O–H groups in total. The van der Waals surface area contributed by atoms with Crippen LogP contribution in [0.5, 0.6) is 0 Å². The zero-order valence-corrected chi connectivity index (χ0v) is 17.8. The fourth-order valence-corrected chi connectivity index (χ4v) is 5.17. The second kappa shape index (κ2) is 9.90. The Hall–Kier alpha value is -2.66. The zero-order chi connectivity index (χ0) is 21.6. The first-order valence-electron chi connectivity index (χ1n) is 9.92. The molecule has 0 aliphatic carbocycles. The van der Waals surface area contributed by atoms with E-state index in [-0.39, 0.29) is 6.41 Å². The van der Waals surface area contributed by atoms with Crippen LogP contribution in [0, 0.1) is 18.8 Å². The van der Waals surface area contributed by atoms with Crippen molar-refractivity contribution in [2.45, 2.75) is 31.7 Å². The van der Waals surface area contributed by atoms with Gasteiger partial charge in [-0.05, 0) is 43.4 Å². The number of hydrogen-bond donors (Lipinski definition) is 1. The highest BCUT2D eigenvalue weighted by molar-refractivity contribution is 7.89. The maximum absolute atomic E-state index is 12.9. The lowest BCUT2D eigenvalue weighted by molar-refractivity contribution is -0.153. The van der Waals surface area contributed by atoms with E-state index < -0.39 is 21.8 Å². The second-order valence-electron chi connectivity index (χ2n) is 7.50. The molecule has 1 atom stereocenters. The van der Waals surface area contributed by atoms with Crippen molar-refractivity contribution < 1.29 is 18.4 Å². The third-order valence-electron chi connectivity index (χ3n) is 5.35. The molecule has 1 amide bonds. The highest BCUT2D eigenvalue weighted by atomic mass is 32.2. The molecule has 0 saturated carbocycles. The summed E-state index contributed by atoms with van der Waals surface area (Å²) in [5.41, 5.74) is 3.11. The van der Waals surface area contributed by atoms with Crippen LogP contribution in [0.15, 0.2) is 54.6 Å². The monoisotopic (exact) mass is 426 g/mol. The van der Waals surface area contributed by atoms with Gasteiger partial charge in [-0.3, -0.25) is 10.0 Å². The molecule has 1 heterocycles. The van der Waals surface area contributed by atoms with Crippen molar-refractivity contribution in [1.29, 1.82) is 0 Å². The standard InChI is InChI=1S/C23H26N2O4S/c1-19-7-10-21(11-8-19)22-13-15-24(16-14-22)30(28,29)17-23(25(27)18-26)12-9-20-5-3-2-4-6-20/h2-8,10-11,18,22-23,27H,13-17H2,1H3. The van der Waals surface area contributed by atoms with E-state index in [2.05, 4.69) is 36.1 Å². The number of amides is 1. The van der Waals surface area contributed by atoms with Crippen LogP contribution in [0.1, 0.15) is 35.4 Å². The molecule has 30 heavy (non-hydrogen) atoms. The average molecular weight is 427 g/mol. The van der Waals surface area contributed by atoms with Gasteiger partial charge in [0, 0.05) is 18.7 Å². The number of hydroxylamine groups is 2. The van der Waals surface area contributed by atoms with Gasteiger partial charge in [0.05, 0.1) is 5.75 Å². The van der Waals surface area contributed by atoms with Crippen LogP contribution in [0.4, 0.5) is 0 Å². The van der Waals surface area contributed by atoms with Crippen LogP contribution in [-0.2, 0) is 14.8 Å². The number of carbonyl (C=O) groups excluding carboxylic acids is 1. The zero-order valence-electron chi connectivity index (χ0n) is 16.9. The molecule has 0 aromatic heterocycles. The van der Waals surface area contributed by atoms with E-state index >= 15 is 0 Å². The molecule has 1 aliphatic rings. The van der Waals surface area contributed by atoms with Crippen LogP contribution in [-0.4, -0.2) is 54.3 Å². The Morgan fingerprint density at radius 3 is 2.37 bits per heavy atom. The molecule has 1 fully saturated rings. The van der Waals surface area contributed by atoms with Gasteiger partial charge in [-0.2, -0.15) is 0 Å². The number of nitrogens with zero attached hydrogens (tertiary/aromatic N) is 2. The van der Waals surface area contributed by atoms with Gasteiger partial charge < -0.3 is 0 Å². The first-order chi connectivity index (χ1) is 14.4. The maximum Gasteiger partial charge on any atom is 0.234 e. The SMILES string of the molecule is Cc1ccc(C2CCN(S(=O)(=O)CC(C#Cc3ccccc3)N(O)C=O)CC2)cc1. The number of aryl methyl sites for hydroxylation is 1. The summed E-state index contributed by atoms with van der Waals surface area (Å²) in [5.74, 6) is 5.42. The highest BCUT2D eigenvalue weighted by Gasteiger charge is 2.31. The molecule has 2 aromatic carbocycles. The third kappa shape index (κ3) is 5.70. The molecule has 6 nitrogen and oxygen atoms in total. The lowest BCUT2D eigenvalue weighted by Crippen LogP contribution is -2.44. The van der Waals surface area contributed by atoms with Crippen molar-refractivity contribution in [1.82, 2.24) is 9.37 Å². The van der Waals surface area contributed by atoms with Gasteiger partial charge in [-0.15, -0.1) is 0 Å². The summed E-state index contributed by atoms with van der Waals surface area (Å²) in [6.45, 7) is 2.86. The van der Waals surface area contributed by atoms with E-state index in [1.807, 2.05) is 25.1 Å². The van der Waals surface area contributed by atoms with E-state index in [9.17, 15) is 18.4 Å². The van der Waals surface area contributed by atoms with E-state index in [0.717, 1.165) is 12.8 Å². The minimum atomic E-state index is -3.68. The Bertz CT molecular complexity index is 1000. The third-order valence-corrected chi connectivity index (χ3v) is 7.24. The quantitative estimate of drug-likeness (QED) is 0.333. The largest absolute Gasteiger partial charge is 0.285 e. The summed E-state index contributed by atoms with van der Waals surface area (Å²) in [7, 11) is -3.68. The Balaban J connectivity index is 1.67. The van der Waals surface area contributed by atoms with Gasteiger partial charge in [0.15, 0.2) is 0 Å². The smallest absolute Gasteiger partial charge is 0.234 e. The van der Waals surface area contributed by atoms with E-state index in [1.54, 1.807) is 12.1 Å². The van der Waals surface area contributed by atoms with Crippen LogP contribution in [0.2, 0.25) is 0 Å². The van der Waals surface area contributed by atoms with E-state index in [1.165, 1.54) is 15.4 Å². The summed E-state index contributed by atoms with van der Waals surface area (Å²) in [6.07, 6.45) is 1.65. The molecule has 0 spiro atoms. The molecule has 2 aromatic rings. The van der Waals surface area contributed by atoms with Crippen molar-refractivity contribution in [3.05, 3.63) is 71.3 Å². The number of sulfonamides is 1. The Morgan fingerprint density at radius 1 is 1.13 bits per heavy atom. The second-order valence-corrected chi connectivity index (χ2v) is 9.51. The maximum atomic E-state index is 12.9. The van der Waals surface area contributed by atoms with Crippen molar-refractivity contribution >= 4 is 16.4 Å². The van der Waals surface area contributed by atoms with Gasteiger partial charge in [0.1, 0.15) is 6.04 Å². The van der Waals surface area contributed by atoms with Crippen LogP contribution in [0.25, 0.3) is 0 Å². The molecule has 1 aliphatic heterocycles. The topological polar surface area (TPSA) is 77.9 Å². The summed E-state index contributed by atoms with van der Waals surface area (Å²) < 4.78 is 27.3. The molecule has 1 saturated heterocycles. The first-order valence-corrected chi connectivity index (χ1v) is 11.5. The fraction of sp³-hybridized carbons (Fsp3) is 0.348. The molecule has 0 radical (unpaired) electrons. The van der Waals surface area contributed by atoms with Crippen molar-refractivity contribution in [2.75, 3.05) is 18.8 Å². The predicted octanol–water partition coefficient (Wildman–Crippen LogP) is 2.77. The molecular weight excluding hydrogens is 400 g/mol. The van der Waals surface area contributed by atoms with Gasteiger partial charge in [-0.25, -0.2) is 17.8 Å². The van der Waals surface area contributed by atoms with Crippen molar-refractivity contribution in [3.63, 3.8) is 0 Å². The summed E-state index contributed by atoms with van der Waals surface area (Å²) in [6, 6.07) is 16.2. The molecule has 158 valence electrons. The van der Waals surface area contributed by atoms with Crippen molar-refractivity contribution in [2.24, 2.45) is 0 Å². The number of piperidine rings is 1. The minimum absolute atomic E-state index is 0.184. The molecule has 7 heteroatoms. The number of benzene rings is 2. The number of rotatable bonds is 6.